The molecular weight excluding hydrogens is 320 g/mol. The largest absolute Gasteiger partial charge is 0.457 e. The van der Waals surface area contributed by atoms with E-state index in [-0.39, 0.29) is 0 Å². The Labute approximate surface area is 154 Å². The van der Waals surface area contributed by atoms with Gasteiger partial charge in [0.25, 0.3) is 0 Å². The fourth-order valence-corrected chi connectivity index (χ4v) is 4.30. The fraction of sp³-hybridized carbons (Fsp3) is 0.261. The molecule has 0 radical (unpaired) electrons. The van der Waals surface area contributed by atoms with Crippen LogP contribution in [0.4, 0.5) is 0 Å². The van der Waals surface area contributed by atoms with Crippen LogP contribution in [0.25, 0.3) is 11.3 Å². The predicted molar refractivity (Wildman–Crippen MR) is 104 cm³/mol. The lowest BCUT2D eigenvalue weighted by atomic mass is 9.78. The van der Waals surface area contributed by atoms with E-state index in [0.29, 0.717) is 5.41 Å². The highest BCUT2D eigenvalue weighted by atomic mass is 16.5. The summed E-state index contributed by atoms with van der Waals surface area (Å²) in [5.41, 5.74) is 3.90. The average Bonchev–Trinajstić information content (AvgIpc) is 3.32. The summed E-state index contributed by atoms with van der Waals surface area (Å²) in [4.78, 5) is 7.33. The second-order valence-corrected chi connectivity index (χ2v) is 7.43. The van der Waals surface area contributed by atoms with Gasteiger partial charge in [0, 0.05) is 23.7 Å². The number of fused-ring (bicyclic) bond motifs is 2. The monoisotopic (exact) mass is 342 g/mol. The van der Waals surface area contributed by atoms with Crippen molar-refractivity contribution in [2.75, 3.05) is 19.6 Å². The van der Waals surface area contributed by atoms with Crippen LogP contribution in [0.1, 0.15) is 18.4 Å². The molecule has 0 saturated carbocycles. The van der Waals surface area contributed by atoms with Crippen molar-refractivity contribution in [3.05, 3.63) is 78.5 Å². The zero-order valence-electron chi connectivity index (χ0n) is 14.8. The Morgan fingerprint density at radius 3 is 2.15 bits per heavy atom. The summed E-state index contributed by atoms with van der Waals surface area (Å²) in [7, 11) is 0. The van der Waals surface area contributed by atoms with Crippen molar-refractivity contribution in [2.45, 2.75) is 18.3 Å². The number of rotatable bonds is 4. The molecule has 0 aliphatic carbocycles. The van der Waals surface area contributed by atoms with Crippen molar-refractivity contribution in [2.24, 2.45) is 0 Å². The average molecular weight is 342 g/mol. The lowest BCUT2D eigenvalue weighted by molar-refractivity contribution is 0.364. The molecule has 0 atom stereocenters. The maximum atomic E-state index is 5.86. The molecule has 3 nitrogen and oxygen atoms in total. The van der Waals surface area contributed by atoms with E-state index in [1.807, 2.05) is 42.5 Å². The Hall–Kier alpha value is -2.65. The normalized spacial score (nSPS) is 23.9. The molecular formula is C23H22N2O. The van der Waals surface area contributed by atoms with Crippen LogP contribution < -0.4 is 4.74 Å². The fourth-order valence-electron chi connectivity index (χ4n) is 4.30. The number of nitrogens with zero attached hydrogens (tertiary/aromatic N) is 2. The van der Waals surface area contributed by atoms with E-state index < -0.39 is 0 Å². The smallest absolute Gasteiger partial charge is 0.127 e. The molecule has 2 fully saturated rings. The van der Waals surface area contributed by atoms with E-state index in [2.05, 4.69) is 35.4 Å². The van der Waals surface area contributed by atoms with Crippen molar-refractivity contribution < 1.29 is 4.74 Å². The molecule has 3 heteroatoms. The zero-order valence-corrected chi connectivity index (χ0v) is 14.8. The highest BCUT2D eigenvalue weighted by Gasteiger charge is 2.44. The molecule has 3 heterocycles. The molecule has 3 aromatic rings. The van der Waals surface area contributed by atoms with Crippen LogP contribution in [0, 0.1) is 0 Å². The van der Waals surface area contributed by atoms with Gasteiger partial charge < -0.3 is 9.64 Å². The first-order valence-electron chi connectivity index (χ1n) is 9.33. The van der Waals surface area contributed by atoms with Crippen molar-refractivity contribution >= 4 is 0 Å². The molecule has 26 heavy (non-hydrogen) atoms. The van der Waals surface area contributed by atoms with Gasteiger partial charge in [0.05, 0.1) is 5.69 Å². The lowest BCUT2D eigenvalue weighted by Crippen LogP contribution is -2.24. The standard InChI is InChI=1S/C23H22N2O/c1-2-4-20(5-3-1)26-21-9-6-18(7-10-21)22-11-8-19(16-24-22)23-12-14-25(17-23)15-13-23/h1-11,16H,12-15,17H2. The second-order valence-electron chi connectivity index (χ2n) is 7.43. The van der Waals surface area contributed by atoms with E-state index >= 15 is 0 Å². The molecule has 0 spiro atoms. The Balaban J connectivity index is 1.33. The topological polar surface area (TPSA) is 25.4 Å². The van der Waals surface area contributed by atoms with Crippen LogP contribution in [-0.2, 0) is 5.41 Å². The number of hydrogen-bond acceptors (Lipinski definition) is 3. The number of ether oxygens (including phenoxy) is 1. The van der Waals surface area contributed by atoms with Crippen LogP contribution >= 0.6 is 0 Å². The zero-order chi connectivity index (χ0) is 17.4. The molecule has 130 valence electrons. The van der Waals surface area contributed by atoms with Crippen molar-refractivity contribution in [1.82, 2.24) is 9.88 Å². The minimum atomic E-state index is 0.360. The number of piperidine rings is 1. The summed E-state index contributed by atoms with van der Waals surface area (Å²) in [6.07, 6.45) is 4.65. The molecule has 2 aromatic carbocycles. The maximum absolute atomic E-state index is 5.86. The van der Waals surface area contributed by atoms with Gasteiger partial charge in [-0.25, -0.2) is 0 Å². The quantitative estimate of drug-likeness (QED) is 0.675. The van der Waals surface area contributed by atoms with Crippen LogP contribution in [0.3, 0.4) is 0 Å². The third kappa shape index (κ3) is 2.78. The Morgan fingerprint density at radius 2 is 1.54 bits per heavy atom. The minimum absolute atomic E-state index is 0.360. The van der Waals surface area contributed by atoms with Crippen LogP contribution in [0.15, 0.2) is 72.9 Å². The lowest BCUT2D eigenvalue weighted by Gasteiger charge is -2.25. The summed E-state index contributed by atoms with van der Waals surface area (Å²) in [5.74, 6) is 1.69. The SMILES string of the molecule is c1ccc(Oc2ccc(-c3ccc(C45CCN(CC4)C5)cn3)cc2)cc1. The number of pyridine rings is 1. The van der Waals surface area contributed by atoms with E-state index in [0.717, 1.165) is 22.8 Å². The van der Waals surface area contributed by atoms with Crippen molar-refractivity contribution in [3.8, 4) is 22.8 Å². The van der Waals surface area contributed by atoms with Gasteiger partial charge in [0.1, 0.15) is 11.5 Å². The number of benzene rings is 2. The molecule has 2 bridgehead atoms. The third-order valence-electron chi connectivity index (χ3n) is 5.84. The first-order chi connectivity index (χ1) is 12.8. The first-order valence-corrected chi connectivity index (χ1v) is 9.33. The number of hydrogen-bond donors (Lipinski definition) is 0. The third-order valence-corrected chi connectivity index (χ3v) is 5.84. The Morgan fingerprint density at radius 1 is 0.808 bits per heavy atom. The van der Waals surface area contributed by atoms with Crippen LogP contribution in [-0.4, -0.2) is 29.5 Å². The van der Waals surface area contributed by atoms with Crippen LogP contribution in [0.5, 0.6) is 11.5 Å². The predicted octanol–water partition coefficient (Wildman–Crippen LogP) is 4.89. The van der Waals surface area contributed by atoms with Gasteiger partial charge in [-0.3, -0.25) is 4.98 Å². The van der Waals surface area contributed by atoms with E-state index in [9.17, 15) is 0 Å². The second kappa shape index (κ2) is 6.26. The van der Waals surface area contributed by atoms with Gasteiger partial charge in [-0.15, -0.1) is 0 Å². The van der Waals surface area contributed by atoms with Crippen molar-refractivity contribution in [1.29, 1.82) is 0 Å². The first kappa shape index (κ1) is 15.6. The van der Waals surface area contributed by atoms with Gasteiger partial charge >= 0.3 is 0 Å². The van der Waals surface area contributed by atoms with Crippen LogP contribution in [0.2, 0.25) is 0 Å². The molecule has 0 unspecified atom stereocenters. The molecule has 0 amide bonds. The molecule has 2 aliphatic heterocycles. The van der Waals surface area contributed by atoms with E-state index in [4.69, 9.17) is 9.72 Å². The minimum Gasteiger partial charge on any atom is -0.457 e. The highest BCUT2D eigenvalue weighted by Crippen LogP contribution is 2.43. The summed E-state index contributed by atoms with van der Waals surface area (Å²) in [6.45, 7) is 3.69. The molecule has 2 saturated heterocycles. The molecule has 1 aromatic heterocycles. The van der Waals surface area contributed by atoms with Gasteiger partial charge in [-0.1, -0.05) is 24.3 Å². The van der Waals surface area contributed by atoms with E-state index in [1.165, 1.54) is 38.0 Å². The van der Waals surface area contributed by atoms with Gasteiger partial charge in [-0.05, 0) is 74.0 Å². The highest BCUT2D eigenvalue weighted by molar-refractivity contribution is 5.60. The molecule has 2 aliphatic rings. The Kier molecular flexibility index (Phi) is 3.75. The summed E-state index contributed by atoms with van der Waals surface area (Å²) in [5, 5.41) is 0. The van der Waals surface area contributed by atoms with Gasteiger partial charge in [0.15, 0.2) is 0 Å². The Bertz CT molecular complexity index is 880. The summed E-state index contributed by atoms with van der Waals surface area (Å²) >= 11 is 0. The number of para-hydroxylation sites is 1. The summed E-state index contributed by atoms with van der Waals surface area (Å²) in [6, 6.07) is 22.5. The number of aromatic nitrogens is 1. The van der Waals surface area contributed by atoms with Crippen molar-refractivity contribution in [3.63, 3.8) is 0 Å². The van der Waals surface area contributed by atoms with E-state index in [1.54, 1.807) is 0 Å². The summed E-state index contributed by atoms with van der Waals surface area (Å²) < 4.78 is 5.86. The maximum Gasteiger partial charge on any atom is 0.127 e. The molecule has 5 rings (SSSR count). The molecule has 0 N–H and O–H groups in total. The van der Waals surface area contributed by atoms with Gasteiger partial charge in [-0.2, -0.15) is 0 Å². The van der Waals surface area contributed by atoms with Gasteiger partial charge in [0.2, 0.25) is 0 Å².